The molecule has 2 aliphatic rings. The molecule has 6 heteroatoms. The van der Waals surface area contributed by atoms with Crippen molar-refractivity contribution in [2.75, 3.05) is 6.26 Å². The van der Waals surface area contributed by atoms with E-state index >= 15 is 0 Å². The van der Waals surface area contributed by atoms with E-state index < -0.39 is 10.1 Å². The van der Waals surface area contributed by atoms with Crippen molar-refractivity contribution >= 4 is 16.0 Å². The SMILES string of the molecule is CS(=O)(=O)OC1CCC2(CCC(=O)N2)CC1. The molecule has 1 amide bonds. The first kappa shape index (κ1) is 11.9. The Balaban J connectivity index is 1.90. The summed E-state index contributed by atoms with van der Waals surface area (Å²) in [4.78, 5) is 11.2. The van der Waals surface area contributed by atoms with Gasteiger partial charge in [-0.2, -0.15) is 8.42 Å². The van der Waals surface area contributed by atoms with Crippen LogP contribution in [-0.2, 0) is 19.1 Å². The number of carbonyl (C=O) groups is 1. The molecular weight excluding hydrogens is 230 g/mol. The first-order chi connectivity index (χ1) is 7.39. The molecule has 1 N–H and O–H groups in total. The average Bonchev–Trinajstić information content (AvgIpc) is 2.51. The van der Waals surface area contributed by atoms with Crippen molar-refractivity contribution < 1.29 is 17.4 Å². The molecular formula is C10H17NO4S. The Morgan fingerprint density at radius 2 is 1.94 bits per heavy atom. The third-order valence-electron chi connectivity index (χ3n) is 3.44. The monoisotopic (exact) mass is 247 g/mol. The summed E-state index contributed by atoms with van der Waals surface area (Å²) in [5, 5.41) is 3.01. The number of hydrogen-bond donors (Lipinski definition) is 1. The highest BCUT2D eigenvalue weighted by atomic mass is 32.2. The van der Waals surface area contributed by atoms with Crippen LogP contribution in [0.3, 0.4) is 0 Å². The molecule has 1 spiro atoms. The molecule has 2 fully saturated rings. The fraction of sp³-hybridized carbons (Fsp3) is 0.900. The Morgan fingerprint density at radius 3 is 2.38 bits per heavy atom. The molecule has 16 heavy (non-hydrogen) atoms. The molecule has 92 valence electrons. The molecule has 1 heterocycles. The van der Waals surface area contributed by atoms with E-state index in [4.69, 9.17) is 4.18 Å². The molecule has 0 aromatic rings. The number of rotatable bonds is 2. The van der Waals surface area contributed by atoms with Gasteiger partial charge in [-0.25, -0.2) is 0 Å². The van der Waals surface area contributed by atoms with Crippen molar-refractivity contribution in [3.8, 4) is 0 Å². The van der Waals surface area contributed by atoms with Gasteiger partial charge in [0.2, 0.25) is 5.91 Å². The summed E-state index contributed by atoms with van der Waals surface area (Å²) < 4.78 is 26.9. The van der Waals surface area contributed by atoms with Crippen molar-refractivity contribution in [3.63, 3.8) is 0 Å². The van der Waals surface area contributed by atoms with Gasteiger partial charge in [-0.3, -0.25) is 8.98 Å². The van der Waals surface area contributed by atoms with Crippen molar-refractivity contribution in [1.82, 2.24) is 5.32 Å². The van der Waals surface area contributed by atoms with Gasteiger partial charge in [-0.05, 0) is 32.1 Å². The highest BCUT2D eigenvalue weighted by Crippen LogP contribution is 2.36. The first-order valence-corrected chi connectivity index (χ1v) is 7.40. The second-order valence-corrected chi connectivity index (χ2v) is 6.43. The van der Waals surface area contributed by atoms with E-state index in [1.165, 1.54) is 0 Å². The van der Waals surface area contributed by atoms with Crippen LogP contribution < -0.4 is 5.32 Å². The third kappa shape index (κ3) is 2.74. The molecule has 0 aromatic carbocycles. The number of carbonyl (C=O) groups excluding carboxylic acids is 1. The van der Waals surface area contributed by atoms with E-state index in [2.05, 4.69) is 5.32 Å². The quantitative estimate of drug-likeness (QED) is 0.723. The summed E-state index contributed by atoms with van der Waals surface area (Å²) in [6, 6.07) is 0. The Bertz CT molecular complexity index is 382. The van der Waals surface area contributed by atoms with Gasteiger partial charge in [0.1, 0.15) is 0 Å². The predicted octanol–water partition coefficient (Wildman–Crippen LogP) is 0.554. The summed E-state index contributed by atoms with van der Waals surface area (Å²) in [7, 11) is -3.36. The van der Waals surface area contributed by atoms with Crippen LogP contribution in [0.25, 0.3) is 0 Å². The fourth-order valence-corrected chi connectivity index (χ4v) is 3.32. The zero-order chi connectivity index (χ0) is 11.8. The Labute approximate surface area is 95.7 Å². The maximum Gasteiger partial charge on any atom is 0.264 e. The molecule has 1 aliphatic heterocycles. The van der Waals surface area contributed by atoms with Crippen LogP contribution >= 0.6 is 0 Å². The van der Waals surface area contributed by atoms with Gasteiger partial charge in [0.05, 0.1) is 12.4 Å². The maximum absolute atomic E-state index is 11.2. The van der Waals surface area contributed by atoms with Gasteiger partial charge in [0.15, 0.2) is 0 Å². The van der Waals surface area contributed by atoms with Crippen LogP contribution in [0.15, 0.2) is 0 Å². The largest absolute Gasteiger partial charge is 0.351 e. The van der Waals surface area contributed by atoms with E-state index in [-0.39, 0.29) is 17.6 Å². The third-order valence-corrected chi connectivity index (χ3v) is 4.06. The van der Waals surface area contributed by atoms with Crippen LogP contribution in [-0.4, -0.2) is 32.2 Å². The molecule has 0 radical (unpaired) electrons. The highest BCUT2D eigenvalue weighted by molar-refractivity contribution is 7.86. The van der Waals surface area contributed by atoms with E-state index in [0.717, 1.165) is 25.5 Å². The Hall–Kier alpha value is -0.620. The van der Waals surface area contributed by atoms with Crippen LogP contribution in [0, 0.1) is 0 Å². The van der Waals surface area contributed by atoms with Gasteiger partial charge in [0.25, 0.3) is 10.1 Å². The normalized spacial score (nSPS) is 35.3. The van der Waals surface area contributed by atoms with Gasteiger partial charge in [-0.1, -0.05) is 0 Å². The summed E-state index contributed by atoms with van der Waals surface area (Å²) in [5.41, 5.74) is -0.0750. The summed E-state index contributed by atoms with van der Waals surface area (Å²) in [5.74, 6) is 0.113. The summed E-state index contributed by atoms with van der Waals surface area (Å²) in [6.07, 6.45) is 5.38. The van der Waals surface area contributed by atoms with Gasteiger partial charge >= 0.3 is 0 Å². The van der Waals surface area contributed by atoms with Crippen LogP contribution in [0.5, 0.6) is 0 Å². The minimum Gasteiger partial charge on any atom is -0.351 e. The fourth-order valence-electron chi connectivity index (χ4n) is 2.64. The lowest BCUT2D eigenvalue weighted by Gasteiger charge is -2.36. The summed E-state index contributed by atoms with van der Waals surface area (Å²) >= 11 is 0. The zero-order valence-corrected chi connectivity index (χ0v) is 10.2. The zero-order valence-electron chi connectivity index (χ0n) is 9.36. The van der Waals surface area contributed by atoms with Crippen molar-refractivity contribution in [2.24, 2.45) is 0 Å². The molecule has 0 aromatic heterocycles. The molecule has 0 unspecified atom stereocenters. The first-order valence-electron chi connectivity index (χ1n) is 5.58. The lowest BCUT2D eigenvalue weighted by atomic mass is 9.79. The van der Waals surface area contributed by atoms with Crippen LogP contribution in [0.2, 0.25) is 0 Å². The molecule has 1 saturated carbocycles. The minimum atomic E-state index is -3.36. The van der Waals surface area contributed by atoms with Gasteiger partial charge in [0, 0.05) is 12.0 Å². The average molecular weight is 247 g/mol. The molecule has 5 nitrogen and oxygen atoms in total. The molecule has 1 saturated heterocycles. The lowest BCUT2D eigenvalue weighted by Crippen LogP contribution is -2.46. The molecule has 2 rings (SSSR count). The van der Waals surface area contributed by atoms with E-state index in [9.17, 15) is 13.2 Å². The van der Waals surface area contributed by atoms with E-state index in [1.54, 1.807) is 0 Å². The second kappa shape index (κ2) is 4.00. The van der Waals surface area contributed by atoms with Gasteiger partial charge < -0.3 is 5.32 Å². The lowest BCUT2D eigenvalue weighted by molar-refractivity contribution is -0.120. The molecule has 0 atom stereocenters. The number of hydrogen-bond acceptors (Lipinski definition) is 4. The smallest absolute Gasteiger partial charge is 0.264 e. The predicted molar refractivity (Wildman–Crippen MR) is 58.3 cm³/mol. The maximum atomic E-state index is 11.2. The summed E-state index contributed by atoms with van der Waals surface area (Å²) in [6.45, 7) is 0. The molecule has 0 bridgehead atoms. The standard InChI is InChI=1S/C10H17NO4S/c1-16(13,14)15-8-2-5-10(6-3-8)7-4-9(12)11-10/h8H,2-7H2,1H3,(H,11,12). The Kier molecular flexibility index (Phi) is 2.96. The Morgan fingerprint density at radius 1 is 1.31 bits per heavy atom. The number of nitrogens with one attached hydrogen (secondary N) is 1. The number of amides is 1. The highest BCUT2D eigenvalue weighted by Gasteiger charge is 2.41. The van der Waals surface area contributed by atoms with Crippen molar-refractivity contribution in [2.45, 2.75) is 50.2 Å². The van der Waals surface area contributed by atoms with Crippen molar-refractivity contribution in [3.05, 3.63) is 0 Å². The second-order valence-electron chi connectivity index (χ2n) is 4.83. The minimum absolute atomic E-state index is 0.0750. The van der Waals surface area contributed by atoms with Crippen LogP contribution in [0.4, 0.5) is 0 Å². The van der Waals surface area contributed by atoms with Crippen LogP contribution in [0.1, 0.15) is 38.5 Å². The topological polar surface area (TPSA) is 72.5 Å². The molecule has 1 aliphatic carbocycles. The van der Waals surface area contributed by atoms with E-state index in [1.807, 2.05) is 0 Å². The van der Waals surface area contributed by atoms with E-state index in [0.29, 0.717) is 19.3 Å². The van der Waals surface area contributed by atoms with Gasteiger partial charge in [-0.15, -0.1) is 0 Å². The van der Waals surface area contributed by atoms with Crippen molar-refractivity contribution in [1.29, 1.82) is 0 Å².